The Hall–Kier alpha value is -2.66. The minimum absolute atomic E-state index is 0.0259. The molecular weight excluding hydrogens is 330 g/mol. The van der Waals surface area contributed by atoms with Crippen molar-refractivity contribution < 1.29 is 4.42 Å². The molecule has 4 rings (SSSR count). The number of rotatable bonds is 4. The summed E-state index contributed by atoms with van der Waals surface area (Å²) in [5.74, 6) is 1.15. The maximum Gasteiger partial charge on any atom is 0.247 e. The highest BCUT2D eigenvalue weighted by molar-refractivity contribution is 7.99. The van der Waals surface area contributed by atoms with Crippen molar-refractivity contribution in [2.45, 2.75) is 24.1 Å². The monoisotopic (exact) mass is 347 g/mol. The van der Waals surface area contributed by atoms with Crippen molar-refractivity contribution in [1.29, 1.82) is 0 Å². The van der Waals surface area contributed by atoms with Crippen LogP contribution in [0.2, 0.25) is 0 Å². The molecular formula is C20H17N3OS. The number of aryl methyl sites for hydroxylation is 1. The molecule has 0 radical (unpaired) electrons. The average molecular weight is 347 g/mol. The van der Waals surface area contributed by atoms with Gasteiger partial charge in [-0.2, -0.15) is 0 Å². The first-order valence-electron chi connectivity index (χ1n) is 8.12. The highest BCUT2D eigenvalue weighted by Crippen LogP contribution is 2.35. The molecule has 0 N–H and O–H groups in total. The van der Waals surface area contributed by atoms with Gasteiger partial charge in [-0.3, -0.25) is 0 Å². The smallest absolute Gasteiger partial charge is 0.247 e. The fourth-order valence-electron chi connectivity index (χ4n) is 2.71. The van der Waals surface area contributed by atoms with Gasteiger partial charge in [0.05, 0.1) is 15.8 Å². The van der Waals surface area contributed by atoms with Crippen LogP contribution in [0.4, 0.5) is 0 Å². The van der Waals surface area contributed by atoms with E-state index < -0.39 is 0 Å². The lowest BCUT2D eigenvalue weighted by atomic mass is 10.1. The van der Waals surface area contributed by atoms with Crippen LogP contribution >= 0.6 is 11.8 Å². The van der Waals surface area contributed by atoms with Crippen LogP contribution in [0.1, 0.15) is 23.6 Å². The number of thioether (sulfide) groups is 1. The van der Waals surface area contributed by atoms with Gasteiger partial charge in [0.1, 0.15) is 0 Å². The number of aromatic nitrogens is 3. The zero-order valence-corrected chi connectivity index (χ0v) is 14.8. The minimum Gasteiger partial charge on any atom is -0.419 e. The van der Waals surface area contributed by atoms with E-state index in [4.69, 9.17) is 9.40 Å². The molecule has 0 fully saturated rings. The Labute approximate surface area is 150 Å². The molecule has 0 bridgehead atoms. The maximum atomic E-state index is 5.85. The molecule has 0 aliphatic heterocycles. The van der Waals surface area contributed by atoms with Crippen LogP contribution in [-0.4, -0.2) is 15.2 Å². The van der Waals surface area contributed by atoms with Crippen LogP contribution in [0.15, 0.2) is 70.1 Å². The Morgan fingerprint density at radius 2 is 1.72 bits per heavy atom. The SMILES string of the molecule is Cc1cc(SC(C)c2nnc(-c3ccccc3)o2)nc2ccccc12. The van der Waals surface area contributed by atoms with Gasteiger partial charge in [-0.25, -0.2) is 4.98 Å². The Morgan fingerprint density at radius 3 is 2.56 bits per heavy atom. The molecule has 1 atom stereocenters. The molecule has 0 saturated carbocycles. The Kier molecular flexibility index (Phi) is 4.24. The molecule has 124 valence electrons. The first kappa shape index (κ1) is 15.8. The second-order valence-corrected chi connectivity index (χ2v) is 7.23. The van der Waals surface area contributed by atoms with E-state index in [-0.39, 0.29) is 5.25 Å². The van der Waals surface area contributed by atoms with Crippen LogP contribution in [0.25, 0.3) is 22.4 Å². The van der Waals surface area contributed by atoms with Gasteiger partial charge in [0, 0.05) is 10.9 Å². The van der Waals surface area contributed by atoms with E-state index in [0.29, 0.717) is 11.8 Å². The van der Waals surface area contributed by atoms with Crippen LogP contribution in [0, 0.1) is 6.92 Å². The third kappa shape index (κ3) is 3.28. The van der Waals surface area contributed by atoms with E-state index >= 15 is 0 Å². The topological polar surface area (TPSA) is 51.8 Å². The predicted octanol–water partition coefficient (Wildman–Crippen LogP) is 5.45. The van der Waals surface area contributed by atoms with Crippen molar-refractivity contribution in [2.75, 3.05) is 0 Å². The summed E-state index contributed by atoms with van der Waals surface area (Å²) in [6.45, 7) is 4.16. The van der Waals surface area contributed by atoms with E-state index in [1.165, 1.54) is 10.9 Å². The zero-order valence-electron chi connectivity index (χ0n) is 14.0. The quantitative estimate of drug-likeness (QED) is 0.460. The third-order valence-corrected chi connectivity index (χ3v) is 5.01. The summed E-state index contributed by atoms with van der Waals surface area (Å²) in [5, 5.41) is 10.5. The van der Waals surface area contributed by atoms with Gasteiger partial charge in [0.2, 0.25) is 11.8 Å². The first-order valence-corrected chi connectivity index (χ1v) is 9.00. The number of fused-ring (bicyclic) bond motifs is 1. The van der Waals surface area contributed by atoms with Gasteiger partial charge in [-0.15, -0.1) is 10.2 Å². The largest absolute Gasteiger partial charge is 0.419 e. The van der Waals surface area contributed by atoms with Crippen molar-refractivity contribution in [3.05, 3.63) is 72.1 Å². The molecule has 25 heavy (non-hydrogen) atoms. The standard InChI is InChI=1S/C20H17N3OS/c1-13-12-18(21-17-11-7-6-10-16(13)17)25-14(2)19-22-23-20(24-19)15-8-4-3-5-9-15/h3-12,14H,1-2H3. The molecule has 0 spiro atoms. The van der Waals surface area contributed by atoms with Crippen LogP contribution in [0.3, 0.4) is 0 Å². The van der Waals surface area contributed by atoms with Gasteiger partial charge < -0.3 is 4.42 Å². The van der Waals surface area contributed by atoms with Crippen LogP contribution in [-0.2, 0) is 0 Å². The molecule has 2 aromatic carbocycles. The second-order valence-electron chi connectivity index (χ2n) is 5.87. The normalized spacial score (nSPS) is 12.4. The molecule has 0 aliphatic rings. The number of para-hydroxylation sites is 1. The molecule has 2 aromatic heterocycles. The molecule has 4 aromatic rings. The first-order chi connectivity index (χ1) is 12.2. The Balaban J connectivity index is 1.58. The number of pyridine rings is 1. The highest BCUT2D eigenvalue weighted by atomic mass is 32.2. The lowest BCUT2D eigenvalue weighted by Gasteiger charge is -2.09. The molecule has 0 aliphatic carbocycles. The molecule has 1 unspecified atom stereocenters. The summed E-state index contributed by atoms with van der Waals surface area (Å²) in [7, 11) is 0. The van der Waals surface area contributed by atoms with E-state index in [2.05, 4.69) is 36.2 Å². The van der Waals surface area contributed by atoms with Crippen molar-refractivity contribution in [3.63, 3.8) is 0 Å². The summed E-state index contributed by atoms with van der Waals surface area (Å²) in [6.07, 6.45) is 0. The summed E-state index contributed by atoms with van der Waals surface area (Å²) >= 11 is 1.63. The minimum atomic E-state index is 0.0259. The van der Waals surface area contributed by atoms with Gasteiger partial charge in [-0.05, 0) is 43.7 Å². The number of hydrogen-bond acceptors (Lipinski definition) is 5. The lowest BCUT2D eigenvalue weighted by Crippen LogP contribution is -1.92. The number of nitrogens with zero attached hydrogens (tertiary/aromatic N) is 3. The van der Waals surface area contributed by atoms with Gasteiger partial charge in [0.15, 0.2) is 0 Å². The molecule has 5 heteroatoms. The number of benzene rings is 2. The van der Waals surface area contributed by atoms with Crippen molar-refractivity contribution in [3.8, 4) is 11.5 Å². The van der Waals surface area contributed by atoms with E-state index in [9.17, 15) is 0 Å². The molecule has 0 saturated heterocycles. The fraction of sp³-hybridized carbons (Fsp3) is 0.150. The number of hydrogen-bond donors (Lipinski definition) is 0. The average Bonchev–Trinajstić information content (AvgIpc) is 3.13. The summed E-state index contributed by atoms with van der Waals surface area (Å²) < 4.78 is 5.85. The molecule has 2 heterocycles. The second kappa shape index (κ2) is 6.69. The van der Waals surface area contributed by atoms with Crippen molar-refractivity contribution in [1.82, 2.24) is 15.2 Å². The molecule has 4 nitrogen and oxygen atoms in total. The van der Waals surface area contributed by atoms with Gasteiger partial charge in [0.25, 0.3) is 0 Å². The van der Waals surface area contributed by atoms with Crippen LogP contribution < -0.4 is 0 Å². The van der Waals surface area contributed by atoms with E-state index in [1.807, 2.05) is 48.5 Å². The summed E-state index contributed by atoms with van der Waals surface area (Å²) in [6, 6.07) is 20.1. The zero-order chi connectivity index (χ0) is 17.2. The highest BCUT2D eigenvalue weighted by Gasteiger charge is 2.17. The predicted molar refractivity (Wildman–Crippen MR) is 100 cm³/mol. The van der Waals surface area contributed by atoms with E-state index in [0.717, 1.165) is 16.1 Å². The third-order valence-electron chi connectivity index (χ3n) is 4.01. The van der Waals surface area contributed by atoms with Crippen LogP contribution in [0.5, 0.6) is 0 Å². The fourth-order valence-corrected chi connectivity index (χ4v) is 3.66. The van der Waals surface area contributed by atoms with Crippen molar-refractivity contribution in [2.24, 2.45) is 0 Å². The van der Waals surface area contributed by atoms with E-state index in [1.54, 1.807) is 11.8 Å². The van der Waals surface area contributed by atoms with Gasteiger partial charge >= 0.3 is 0 Å². The Bertz CT molecular complexity index is 1010. The Morgan fingerprint density at radius 1 is 0.960 bits per heavy atom. The van der Waals surface area contributed by atoms with Crippen molar-refractivity contribution >= 4 is 22.7 Å². The maximum absolute atomic E-state index is 5.85. The summed E-state index contributed by atoms with van der Waals surface area (Å²) in [4.78, 5) is 4.74. The van der Waals surface area contributed by atoms with Gasteiger partial charge in [-0.1, -0.05) is 48.2 Å². The summed E-state index contributed by atoms with van der Waals surface area (Å²) in [5.41, 5.74) is 3.15. The molecule has 0 amide bonds. The lowest BCUT2D eigenvalue weighted by molar-refractivity contribution is 0.509.